The van der Waals surface area contributed by atoms with Crippen LogP contribution in [0.4, 0.5) is 5.69 Å². The number of tetrazole rings is 1. The zero-order valence-corrected chi connectivity index (χ0v) is 14.2. The van der Waals surface area contributed by atoms with Crippen LogP contribution in [0.3, 0.4) is 0 Å². The number of nitrogens with one attached hydrogen (secondary N) is 1. The second kappa shape index (κ2) is 8.52. The first-order valence-electron chi connectivity index (χ1n) is 6.05. The van der Waals surface area contributed by atoms with Gasteiger partial charge in [0.25, 0.3) is 0 Å². The molecule has 0 aliphatic rings. The lowest BCUT2D eigenvalue weighted by Gasteiger charge is -2.10. The number of methoxy groups -OCH3 is 1. The quantitative estimate of drug-likeness (QED) is 0.437. The Kier molecular flexibility index (Phi) is 7.02. The molecular formula is C12H18IN7O. The molecule has 9 heteroatoms. The first-order chi connectivity index (χ1) is 9.69. The molecule has 0 aliphatic carbocycles. The summed E-state index contributed by atoms with van der Waals surface area (Å²) in [7, 11) is 3.34. The summed E-state index contributed by atoms with van der Waals surface area (Å²) in [4.78, 5) is 5.55. The molecule has 1 aromatic carbocycles. The third-order valence-electron chi connectivity index (χ3n) is 2.52. The molecule has 3 N–H and O–H groups in total. The van der Waals surface area contributed by atoms with Gasteiger partial charge >= 0.3 is 0 Å². The minimum Gasteiger partial charge on any atom is -0.380 e. The normalized spacial score (nSPS) is 11.0. The van der Waals surface area contributed by atoms with E-state index < -0.39 is 0 Å². The fourth-order valence-corrected chi connectivity index (χ4v) is 1.64. The first kappa shape index (κ1) is 17.3. The summed E-state index contributed by atoms with van der Waals surface area (Å²) in [6.07, 6.45) is 0. The number of ether oxygens (including phenoxy) is 1. The summed E-state index contributed by atoms with van der Waals surface area (Å²) in [5.74, 6) is 0.809. The number of hydrogen-bond acceptors (Lipinski definition) is 5. The first-order valence-corrected chi connectivity index (χ1v) is 6.05. The molecule has 0 fully saturated rings. The van der Waals surface area contributed by atoms with E-state index in [-0.39, 0.29) is 30.5 Å². The van der Waals surface area contributed by atoms with Gasteiger partial charge in [-0.3, -0.25) is 0 Å². The van der Waals surface area contributed by atoms with E-state index in [1.54, 1.807) is 14.2 Å². The minimum absolute atomic E-state index is 0. The number of nitrogens with two attached hydrogens (primary N) is 1. The molecule has 0 saturated carbocycles. The number of aromatic nitrogens is 4. The van der Waals surface area contributed by atoms with Crippen molar-refractivity contribution in [2.75, 3.05) is 12.4 Å². The Morgan fingerprint density at radius 2 is 2.19 bits per heavy atom. The van der Waals surface area contributed by atoms with Crippen LogP contribution in [0.15, 0.2) is 29.3 Å². The molecule has 0 aliphatic heterocycles. The predicted octanol–water partition coefficient (Wildman–Crippen LogP) is 0.901. The molecule has 114 valence electrons. The number of halogens is 1. The Labute approximate surface area is 139 Å². The van der Waals surface area contributed by atoms with E-state index >= 15 is 0 Å². The molecule has 0 atom stereocenters. The average Bonchev–Trinajstić information content (AvgIpc) is 2.85. The highest BCUT2D eigenvalue weighted by Gasteiger charge is 2.03. The highest BCUT2D eigenvalue weighted by atomic mass is 127. The number of rotatable bonds is 5. The lowest BCUT2D eigenvalue weighted by Crippen LogP contribution is -2.23. The molecular weight excluding hydrogens is 385 g/mol. The average molecular weight is 403 g/mol. The number of para-hydroxylation sites is 1. The lowest BCUT2D eigenvalue weighted by molar-refractivity contribution is 0.185. The van der Waals surface area contributed by atoms with E-state index in [2.05, 4.69) is 25.7 Å². The number of nitrogens with zero attached hydrogens (tertiary/aromatic N) is 5. The Hall–Kier alpha value is -1.75. The Bertz CT molecular complexity index is 599. The van der Waals surface area contributed by atoms with Gasteiger partial charge in [-0.1, -0.05) is 18.2 Å². The molecule has 0 unspecified atom stereocenters. The summed E-state index contributed by atoms with van der Waals surface area (Å²) >= 11 is 0. The van der Waals surface area contributed by atoms with E-state index in [0.717, 1.165) is 11.3 Å². The third kappa shape index (κ3) is 5.27. The molecule has 0 amide bonds. The van der Waals surface area contributed by atoms with Crippen molar-refractivity contribution in [3.8, 4) is 0 Å². The number of benzene rings is 1. The largest absolute Gasteiger partial charge is 0.380 e. The number of guanidine groups is 1. The summed E-state index contributed by atoms with van der Waals surface area (Å²) in [5, 5.41) is 14.6. The van der Waals surface area contributed by atoms with E-state index in [4.69, 9.17) is 10.5 Å². The van der Waals surface area contributed by atoms with Gasteiger partial charge < -0.3 is 15.8 Å². The van der Waals surface area contributed by atoms with Crippen LogP contribution < -0.4 is 11.1 Å². The summed E-state index contributed by atoms with van der Waals surface area (Å²) < 4.78 is 5.13. The van der Waals surface area contributed by atoms with Crippen LogP contribution in [0.25, 0.3) is 0 Å². The van der Waals surface area contributed by atoms with Crippen molar-refractivity contribution in [1.82, 2.24) is 20.2 Å². The highest BCUT2D eigenvalue weighted by Crippen LogP contribution is 2.15. The van der Waals surface area contributed by atoms with Gasteiger partial charge in [-0.05, 0) is 11.3 Å². The molecule has 0 radical (unpaired) electrons. The van der Waals surface area contributed by atoms with Crippen molar-refractivity contribution in [3.63, 3.8) is 0 Å². The van der Waals surface area contributed by atoms with Crippen LogP contribution in [0.5, 0.6) is 0 Å². The van der Waals surface area contributed by atoms with Gasteiger partial charge in [0.15, 0.2) is 11.8 Å². The standard InChI is InChI=1S/C12H17N7O.HI/c1-19-17-11(16-18-19)7-14-12(13)15-10-6-4-3-5-9(10)8-20-2;/h3-6H,7-8H2,1-2H3,(H3,13,14,15);1H. The Morgan fingerprint density at radius 3 is 2.86 bits per heavy atom. The van der Waals surface area contributed by atoms with Crippen LogP contribution in [-0.4, -0.2) is 33.3 Å². The van der Waals surface area contributed by atoms with Gasteiger partial charge in [-0.25, -0.2) is 4.99 Å². The molecule has 0 spiro atoms. The van der Waals surface area contributed by atoms with Gasteiger partial charge in [0.05, 0.1) is 13.7 Å². The van der Waals surface area contributed by atoms with Crippen LogP contribution in [0.2, 0.25) is 0 Å². The number of aryl methyl sites for hydroxylation is 1. The van der Waals surface area contributed by atoms with Crippen LogP contribution in [0.1, 0.15) is 11.4 Å². The van der Waals surface area contributed by atoms with Crippen molar-refractivity contribution in [2.24, 2.45) is 17.8 Å². The SMILES string of the molecule is COCc1ccccc1NC(N)=NCc1nnn(C)n1.I. The van der Waals surface area contributed by atoms with Gasteiger partial charge in [0.2, 0.25) is 0 Å². The molecule has 1 heterocycles. The molecule has 21 heavy (non-hydrogen) atoms. The lowest BCUT2D eigenvalue weighted by atomic mass is 10.2. The van der Waals surface area contributed by atoms with Crippen molar-refractivity contribution < 1.29 is 4.74 Å². The summed E-state index contributed by atoms with van der Waals surface area (Å²) in [6, 6.07) is 7.73. The minimum atomic E-state index is 0. The molecule has 0 saturated heterocycles. The third-order valence-corrected chi connectivity index (χ3v) is 2.52. The Morgan fingerprint density at radius 1 is 1.43 bits per heavy atom. The van der Waals surface area contributed by atoms with E-state index in [1.165, 1.54) is 4.80 Å². The van der Waals surface area contributed by atoms with Crippen molar-refractivity contribution in [1.29, 1.82) is 0 Å². The molecule has 2 aromatic rings. The second-order valence-electron chi connectivity index (χ2n) is 4.11. The smallest absolute Gasteiger partial charge is 0.196 e. The molecule has 8 nitrogen and oxygen atoms in total. The Balaban J connectivity index is 0.00000220. The zero-order chi connectivity index (χ0) is 14.4. The van der Waals surface area contributed by atoms with Gasteiger partial charge in [0, 0.05) is 18.4 Å². The summed E-state index contributed by atoms with van der Waals surface area (Å²) in [5.41, 5.74) is 7.71. The number of anilines is 1. The van der Waals surface area contributed by atoms with Crippen molar-refractivity contribution in [3.05, 3.63) is 35.7 Å². The maximum Gasteiger partial charge on any atom is 0.196 e. The van der Waals surface area contributed by atoms with Gasteiger partial charge in [-0.15, -0.1) is 34.2 Å². The number of aliphatic imine (C=N–C) groups is 1. The zero-order valence-electron chi connectivity index (χ0n) is 11.9. The fraction of sp³-hybridized carbons (Fsp3) is 0.333. The molecule has 0 bridgehead atoms. The maximum atomic E-state index is 5.84. The summed E-state index contributed by atoms with van der Waals surface area (Å²) in [6.45, 7) is 0.779. The van der Waals surface area contributed by atoms with E-state index in [0.29, 0.717) is 18.4 Å². The van der Waals surface area contributed by atoms with Gasteiger partial charge in [0.1, 0.15) is 6.54 Å². The molecule has 2 rings (SSSR count). The molecule has 1 aromatic heterocycles. The van der Waals surface area contributed by atoms with Crippen LogP contribution in [0, 0.1) is 0 Å². The second-order valence-corrected chi connectivity index (χ2v) is 4.11. The monoisotopic (exact) mass is 403 g/mol. The van der Waals surface area contributed by atoms with Crippen LogP contribution in [-0.2, 0) is 24.9 Å². The van der Waals surface area contributed by atoms with Gasteiger partial charge in [-0.2, -0.15) is 4.80 Å². The highest BCUT2D eigenvalue weighted by molar-refractivity contribution is 14.0. The van der Waals surface area contributed by atoms with Crippen molar-refractivity contribution >= 4 is 35.6 Å². The van der Waals surface area contributed by atoms with E-state index in [1.807, 2.05) is 24.3 Å². The fourth-order valence-electron chi connectivity index (χ4n) is 1.64. The topological polar surface area (TPSA) is 103 Å². The maximum absolute atomic E-state index is 5.84. The van der Waals surface area contributed by atoms with Crippen LogP contribution >= 0.6 is 24.0 Å². The van der Waals surface area contributed by atoms with Crippen molar-refractivity contribution in [2.45, 2.75) is 13.2 Å². The predicted molar refractivity (Wildman–Crippen MR) is 90.3 cm³/mol. The van der Waals surface area contributed by atoms with E-state index in [9.17, 15) is 0 Å². The number of hydrogen-bond donors (Lipinski definition) is 2.